The Balaban J connectivity index is 1.86. The largest absolute Gasteiger partial charge is 0.487 e. The highest BCUT2D eigenvalue weighted by Crippen LogP contribution is 2.20. The van der Waals surface area contributed by atoms with E-state index in [1.54, 1.807) is 0 Å². The highest BCUT2D eigenvalue weighted by molar-refractivity contribution is 5.95. The summed E-state index contributed by atoms with van der Waals surface area (Å²) < 4.78 is 10.8. The van der Waals surface area contributed by atoms with E-state index in [2.05, 4.69) is 0 Å². The summed E-state index contributed by atoms with van der Waals surface area (Å²) in [5.74, 6) is 0.749. The molecule has 0 atom stereocenters. The Labute approximate surface area is 77.7 Å². The first kappa shape index (κ1) is 8.75. The van der Waals surface area contributed by atoms with Crippen molar-refractivity contribution >= 4 is 5.78 Å². The van der Waals surface area contributed by atoms with E-state index in [4.69, 9.17) is 9.47 Å². The molecule has 72 valence electrons. The number of carbonyl (C=O) groups excluding carboxylic acids is 1. The highest BCUT2D eigenvalue weighted by Gasteiger charge is 2.22. The summed E-state index contributed by atoms with van der Waals surface area (Å²) in [6.07, 6.45) is 5.38. The van der Waals surface area contributed by atoms with Crippen molar-refractivity contribution in [2.75, 3.05) is 13.2 Å². The average Bonchev–Trinajstić information content (AvgIpc) is 2.54. The summed E-state index contributed by atoms with van der Waals surface area (Å²) in [6.45, 7) is 1.51. The summed E-state index contributed by atoms with van der Waals surface area (Å²) in [4.78, 5) is 11.2. The van der Waals surface area contributed by atoms with Crippen molar-refractivity contribution in [1.82, 2.24) is 0 Å². The molecule has 3 nitrogen and oxygen atoms in total. The van der Waals surface area contributed by atoms with Crippen LogP contribution in [-0.4, -0.2) is 25.1 Å². The molecule has 1 saturated heterocycles. The van der Waals surface area contributed by atoms with Gasteiger partial charge >= 0.3 is 0 Å². The number of hydrogen-bond donors (Lipinski definition) is 0. The van der Waals surface area contributed by atoms with E-state index in [-0.39, 0.29) is 11.9 Å². The van der Waals surface area contributed by atoms with Gasteiger partial charge in [0.1, 0.15) is 6.10 Å². The van der Waals surface area contributed by atoms with Gasteiger partial charge in [-0.2, -0.15) is 0 Å². The van der Waals surface area contributed by atoms with E-state index < -0.39 is 0 Å². The fourth-order valence-corrected chi connectivity index (χ4v) is 1.66. The lowest BCUT2D eigenvalue weighted by Crippen LogP contribution is -2.24. The molecule has 0 aromatic heterocycles. The Morgan fingerprint density at radius 1 is 1.38 bits per heavy atom. The van der Waals surface area contributed by atoms with E-state index in [1.807, 2.05) is 6.08 Å². The van der Waals surface area contributed by atoms with Crippen molar-refractivity contribution < 1.29 is 14.3 Å². The molecule has 2 rings (SSSR count). The fourth-order valence-electron chi connectivity index (χ4n) is 1.66. The van der Waals surface area contributed by atoms with Crippen molar-refractivity contribution in [3.05, 3.63) is 11.8 Å². The van der Waals surface area contributed by atoms with Crippen LogP contribution in [0.5, 0.6) is 0 Å². The number of allylic oxidation sites excluding steroid dienone is 2. The van der Waals surface area contributed by atoms with Crippen LogP contribution in [-0.2, 0) is 14.3 Å². The number of Topliss-reactive ketones (excluding diaryl/α,β-unsaturated/α-hetero) is 1. The molecule has 1 aliphatic carbocycles. The first-order valence-electron chi connectivity index (χ1n) is 4.84. The van der Waals surface area contributed by atoms with Crippen LogP contribution in [0.2, 0.25) is 0 Å². The van der Waals surface area contributed by atoms with Gasteiger partial charge in [-0.15, -0.1) is 0 Å². The second-order valence-corrected chi connectivity index (χ2v) is 3.46. The smallest absolute Gasteiger partial charge is 0.197 e. The molecule has 13 heavy (non-hydrogen) atoms. The second-order valence-electron chi connectivity index (χ2n) is 3.46. The summed E-state index contributed by atoms with van der Waals surface area (Å²) in [5.41, 5.74) is 0. The van der Waals surface area contributed by atoms with Gasteiger partial charge in [0, 0.05) is 19.3 Å². The van der Waals surface area contributed by atoms with E-state index in [1.165, 1.54) is 0 Å². The first-order chi connectivity index (χ1) is 6.36. The Kier molecular flexibility index (Phi) is 2.64. The summed E-state index contributed by atoms with van der Waals surface area (Å²) in [7, 11) is 0. The molecular formula is C10H14O3. The van der Waals surface area contributed by atoms with Crippen LogP contribution < -0.4 is 0 Å². The number of carbonyl (C=O) groups is 1. The van der Waals surface area contributed by atoms with Crippen molar-refractivity contribution in [2.45, 2.75) is 31.8 Å². The molecule has 0 aromatic carbocycles. The third-order valence-electron chi connectivity index (χ3n) is 2.44. The highest BCUT2D eigenvalue weighted by atomic mass is 16.5. The predicted molar refractivity (Wildman–Crippen MR) is 47.3 cm³/mol. The lowest BCUT2D eigenvalue weighted by atomic mass is 10.1. The molecule has 2 aliphatic rings. The zero-order chi connectivity index (χ0) is 9.10. The molecule has 0 unspecified atom stereocenters. The Hall–Kier alpha value is -0.830. The van der Waals surface area contributed by atoms with Crippen LogP contribution in [0.25, 0.3) is 0 Å². The van der Waals surface area contributed by atoms with E-state index in [9.17, 15) is 4.79 Å². The Morgan fingerprint density at radius 2 is 2.15 bits per heavy atom. The van der Waals surface area contributed by atoms with Gasteiger partial charge in [0.15, 0.2) is 11.5 Å². The van der Waals surface area contributed by atoms with E-state index >= 15 is 0 Å². The standard InChI is InChI=1S/C10H14O3/c11-9-2-1-3-10(9)13-8-4-6-12-7-5-8/h3,8H,1-2,4-7H2. The van der Waals surface area contributed by atoms with Crippen LogP contribution in [0.3, 0.4) is 0 Å². The maximum absolute atomic E-state index is 11.2. The molecule has 0 spiro atoms. The van der Waals surface area contributed by atoms with Gasteiger partial charge in [0.25, 0.3) is 0 Å². The zero-order valence-corrected chi connectivity index (χ0v) is 7.62. The van der Waals surface area contributed by atoms with Crippen molar-refractivity contribution in [3.63, 3.8) is 0 Å². The number of ketones is 1. The minimum atomic E-state index is 0.159. The third-order valence-corrected chi connectivity index (χ3v) is 2.44. The maximum Gasteiger partial charge on any atom is 0.197 e. The number of hydrogen-bond acceptors (Lipinski definition) is 3. The SMILES string of the molecule is O=C1CCC=C1OC1CCOCC1. The minimum Gasteiger partial charge on any atom is -0.487 e. The van der Waals surface area contributed by atoms with Gasteiger partial charge in [0.2, 0.25) is 0 Å². The van der Waals surface area contributed by atoms with E-state index in [0.29, 0.717) is 12.2 Å². The summed E-state index contributed by atoms with van der Waals surface area (Å²) in [5, 5.41) is 0. The van der Waals surface area contributed by atoms with Gasteiger partial charge in [-0.1, -0.05) is 0 Å². The summed E-state index contributed by atoms with van der Waals surface area (Å²) >= 11 is 0. The van der Waals surface area contributed by atoms with Crippen LogP contribution in [0.15, 0.2) is 11.8 Å². The molecule has 3 heteroatoms. The maximum atomic E-state index is 11.2. The molecule has 0 bridgehead atoms. The average molecular weight is 182 g/mol. The lowest BCUT2D eigenvalue weighted by molar-refractivity contribution is -0.120. The lowest BCUT2D eigenvalue weighted by Gasteiger charge is -2.23. The van der Waals surface area contributed by atoms with Crippen LogP contribution in [0.4, 0.5) is 0 Å². The topological polar surface area (TPSA) is 35.5 Å². The molecule has 0 amide bonds. The number of ether oxygens (including phenoxy) is 2. The van der Waals surface area contributed by atoms with Gasteiger partial charge < -0.3 is 9.47 Å². The fraction of sp³-hybridized carbons (Fsp3) is 0.700. The normalized spacial score (nSPS) is 24.6. The zero-order valence-electron chi connectivity index (χ0n) is 7.62. The van der Waals surface area contributed by atoms with Crippen LogP contribution >= 0.6 is 0 Å². The third kappa shape index (κ3) is 2.10. The molecule has 1 heterocycles. The minimum absolute atomic E-state index is 0.159. The Bertz CT molecular complexity index is 226. The van der Waals surface area contributed by atoms with Crippen molar-refractivity contribution in [1.29, 1.82) is 0 Å². The molecule has 1 aliphatic heterocycles. The molecular weight excluding hydrogens is 168 g/mol. The molecule has 1 fully saturated rings. The molecule has 0 N–H and O–H groups in total. The van der Waals surface area contributed by atoms with E-state index in [0.717, 1.165) is 32.5 Å². The predicted octanol–water partition coefficient (Wildman–Crippen LogP) is 1.43. The first-order valence-corrected chi connectivity index (χ1v) is 4.84. The second kappa shape index (κ2) is 3.92. The molecule has 0 saturated carbocycles. The quantitative estimate of drug-likeness (QED) is 0.648. The monoisotopic (exact) mass is 182 g/mol. The summed E-state index contributed by atoms with van der Waals surface area (Å²) in [6, 6.07) is 0. The van der Waals surface area contributed by atoms with Gasteiger partial charge in [0.05, 0.1) is 13.2 Å². The van der Waals surface area contributed by atoms with Gasteiger partial charge in [-0.3, -0.25) is 4.79 Å². The van der Waals surface area contributed by atoms with Crippen molar-refractivity contribution in [3.8, 4) is 0 Å². The van der Waals surface area contributed by atoms with Crippen LogP contribution in [0, 0.1) is 0 Å². The van der Waals surface area contributed by atoms with Crippen molar-refractivity contribution in [2.24, 2.45) is 0 Å². The Morgan fingerprint density at radius 3 is 2.77 bits per heavy atom. The van der Waals surface area contributed by atoms with Gasteiger partial charge in [-0.05, 0) is 12.5 Å². The number of rotatable bonds is 2. The molecule has 0 radical (unpaired) electrons. The van der Waals surface area contributed by atoms with Gasteiger partial charge in [-0.25, -0.2) is 0 Å². The molecule has 0 aromatic rings. The van der Waals surface area contributed by atoms with Crippen LogP contribution in [0.1, 0.15) is 25.7 Å².